The number of amides is 1. The van der Waals surface area contributed by atoms with Crippen LogP contribution in [0.5, 0.6) is 0 Å². The maximum absolute atomic E-state index is 12.2. The normalized spacial score (nSPS) is 16.5. The molecule has 0 bridgehead atoms. The molecule has 1 aromatic rings. The Morgan fingerprint density at radius 3 is 2.86 bits per heavy atom. The topological polar surface area (TPSA) is 81.2 Å². The van der Waals surface area contributed by atoms with Gasteiger partial charge in [-0.2, -0.15) is 0 Å². The summed E-state index contributed by atoms with van der Waals surface area (Å²) in [5, 5.41) is 0. The smallest absolute Gasteiger partial charge is 0.256 e. The minimum Gasteiger partial charge on any atom is -0.368 e. The average Bonchev–Trinajstić information content (AvgIpc) is 2.47. The van der Waals surface area contributed by atoms with Crippen LogP contribution in [0, 0.1) is 0 Å². The highest BCUT2D eigenvalue weighted by Crippen LogP contribution is 2.18. The summed E-state index contributed by atoms with van der Waals surface area (Å²) in [4.78, 5) is 30.4. The molecule has 1 amide bonds. The van der Waals surface area contributed by atoms with Gasteiger partial charge in [0, 0.05) is 25.2 Å². The lowest BCUT2D eigenvalue weighted by Gasteiger charge is -2.33. The highest BCUT2D eigenvalue weighted by atomic mass is 16.1. The largest absolute Gasteiger partial charge is 0.368 e. The minimum absolute atomic E-state index is 0.0475. The third-order valence-electron chi connectivity index (χ3n) is 4.16. The molecule has 0 fully saturated rings. The SMILES string of the molecule is CCCCC(C(N)=O)N1CCc2c(ncn(CC)c2=O)C1. The second-order valence-corrected chi connectivity index (χ2v) is 5.54. The van der Waals surface area contributed by atoms with Crippen molar-refractivity contribution in [3.8, 4) is 0 Å². The first kappa shape index (κ1) is 15.7. The lowest BCUT2D eigenvalue weighted by molar-refractivity contribution is -0.124. The van der Waals surface area contributed by atoms with Crippen molar-refractivity contribution < 1.29 is 4.79 Å². The van der Waals surface area contributed by atoms with Gasteiger partial charge in [0.15, 0.2) is 0 Å². The first-order chi connectivity index (χ1) is 10.1. The van der Waals surface area contributed by atoms with Crippen LogP contribution in [-0.2, 0) is 24.3 Å². The first-order valence-electron chi connectivity index (χ1n) is 7.69. The van der Waals surface area contributed by atoms with Crippen LogP contribution in [0.3, 0.4) is 0 Å². The summed E-state index contributed by atoms with van der Waals surface area (Å²) in [6.45, 7) is 5.88. The van der Waals surface area contributed by atoms with Crippen LogP contribution in [0.25, 0.3) is 0 Å². The van der Waals surface area contributed by atoms with Crippen molar-refractivity contribution in [1.82, 2.24) is 14.5 Å². The highest BCUT2D eigenvalue weighted by molar-refractivity contribution is 5.79. The zero-order valence-corrected chi connectivity index (χ0v) is 12.8. The Morgan fingerprint density at radius 1 is 1.48 bits per heavy atom. The maximum Gasteiger partial charge on any atom is 0.256 e. The van der Waals surface area contributed by atoms with E-state index in [1.54, 1.807) is 10.9 Å². The van der Waals surface area contributed by atoms with Gasteiger partial charge in [0.2, 0.25) is 5.91 Å². The summed E-state index contributed by atoms with van der Waals surface area (Å²) < 4.78 is 1.62. The number of rotatable bonds is 6. The summed E-state index contributed by atoms with van der Waals surface area (Å²) in [5.41, 5.74) is 7.16. The van der Waals surface area contributed by atoms with Crippen LogP contribution in [-0.4, -0.2) is 32.9 Å². The number of carbonyl (C=O) groups excluding carboxylic acids is 1. The van der Waals surface area contributed by atoms with E-state index >= 15 is 0 Å². The average molecular weight is 292 g/mol. The number of primary amides is 1. The summed E-state index contributed by atoms with van der Waals surface area (Å²) in [5.74, 6) is -0.284. The first-order valence-corrected chi connectivity index (χ1v) is 7.69. The lowest BCUT2D eigenvalue weighted by atomic mass is 10.0. The molecule has 1 unspecified atom stereocenters. The van der Waals surface area contributed by atoms with E-state index in [1.807, 2.05) is 6.92 Å². The molecule has 0 aromatic carbocycles. The van der Waals surface area contributed by atoms with E-state index in [0.717, 1.165) is 30.5 Å². The van der Waals surface area contributed by atoms with Crippen LogP contribution in [0.15, 0.2) is 11.1 Å². The number of carbonyl (C=O) groups is 1. The molecule has 1 aliphatic rings. The molecule has 6 heteroatoms. The molecular weight excluding hydrogens is 268 g/mol. The molecule has 1 atom stereocenters. The maximum atomic E-state index is 12.2. The van der Waals surface area contributed by atoms with E-state index in [4.69, 9.17) is 5.73 Å². The molecule has 21 heavy (non-hydrogen) atoms. The molecule has 6 nitrogen and oxygen atoms in total. The summed E-state index contributed by atoms with van der Waals surface area (Å²) >= 11 is 0. The summed E-state index contributed by atoms with van der Waals surface area (Å²) in [7, 11) is 0. The predicted molar refractivity (Wildman–Crippen MR) is 80.8 cm³/mol. The van der Waals surface area contributed by atoms with E-state index in [0.29, 0.717) is 26.1 Å². The van der Waals surface area contributed by atoms with E-state index in [-0.39, 0.29) is 17.5 Å². The molecule has 116 valence electrons. The fraction of sp³-hybridized carbons (Fsp3) is 0.667. The van der Waals surface area contributed by atoms with Crippen LogP contribution < -0.4 is 11.3 Å². The van der Waals surface area contributed by atoms with Gasteiger partial charge in [-0.3, -0.25) is 19.1 Å². The Hall–Kier alpha value is -1.69. The van der Waals surface area contributed by atoms with E-state index < -0.39 is 0 Å². The third kappa shape index (κ3) is 3.32. The van der Waals surface area contributed by atoms with Gasteiger partial charge >= 0.3 is 0 Å². The number of hydrogen-bond donors (Lipinski definition) is 1. The van der Waals surface area contributed by atoms with Crippen LogP contribution in [0.2, 0.25) is 0 Å². The van der Waals surface area contributed by atoms with Crippen molar-refractivity contribution in [1.29, 1.82) is 0 Å². The fourth-order valence-corrected chi connectivity index (χ4v) is 2.87. The molecule has 1 aromatic heterocycles. The molecule has 0 radical (unpaired) electrons. The van der Waals surface area contributed by atoms with E-state index in [1.165, 1.54) is 0 Å². The third-order valence-corrected chi connectivity index (χ3v) is 4.16. The zero-order chi connectivity index (χ0) is 15.4. The standard InChI is InChI=1S/C15H24N4O2/c1-3-5-6-13(14(16)20)19-8-7-11-12(9-19)17-10-18(4-2)15(11)21/h10,13H,3-9H2,1-2H3,(H2,16,20). The monoisotopic (exact) mass is 292 g/mol. The second-order valence-electron chi connectivity index (χ2n) is 5.54. The van der Waals surface area contributed by atoms with Gasteiger partial charge in [0.05, 0.1) is 18.1 Å². The Labute approximate surface area is 125 Å². The number of aryl methyl sites for hydroxylation is 1. The van der Waals surface area contributed by atoms with Crippen molar-refractivity contribution >= 4 is 5.91 Å². The molecule has 0 saturated heterocycles. The van der Waals surface area contributed by atoms with Crippen molar-refractivity contribution in [3.63, 3.8) is 0 Å². The Kier molecular flexibility index (Phi) is 5.12. The highest BCUT2D eigenvalue weighted by Gasteiger charge is 2.28. The predicted octanol–water partition coefficient (Wildman–Crippen LogP) is 0.665. The number of nitrogens with zero attached hydrogens (tertiary/aromatic N) is 3. The van der Waals surface area contributed by atoms with Gasteiger partial charge in [-0.1, -0.05) is 19.8 Å². The Bertz CT molecular complexity index is 567. The van der Waals surface area contributed by atoms with Crippen LogP contribution >= 0.6 is 0 Å². The van der Waals surface area contributed by atoms with Gasteiger partial charge in [0.25, 0.3) is 5.56 Å². The zero-order valence-electron chi connectivity index (χ0n) is 12.8. The van der Waals surface area contributed by atoms with Crippen molar-refractivity contribution in [2.75, 3.05) is 6.54 Å². The molecule has 0 aliphatic carbocycles. The van der Waals surface area contributed by atoms with Crippen molar-refractivity contribution in [3.05, 3.63) is 27.9 Å². The van der Waals surface area contributed by atoms with Gasteiger partial charge < -0.3 is 5.73 Å². The van der Waals surface area contributed by atoms with Crippen molar-refractivity contribution in [2.24, 2.45) is 5.73 Å². The quantitative estimate of drug-likeness (QED) is 0.835. The molecule has 2 N–H and O–H groups in total. The molecule has 2 heterocycles. The molecule has 0 saturated carbocycles. The molecule has 0 spiro atoms. The van der Waals surface area contributed by atoms with Gasteiger partial charge in [-0.05, 0) is 19.8 Å². The van der Waals surface area contributed by atoms with Crippen LogP contribution in [0.4, 0.5) is 0 Å². The second kappa shape index (κ2) is 6.85. The van der Waals surface area contributed by atoms with Gasteiger partial charge in [-0.15, -0.1) is 0 Å². The lowest BCUT2D eigenvalue weighted by Crippen LogP contribution is -2.48. The Balaban J connectivity index is 2.20. The number of unbranched alkanes of at least 4 members (excludes halogenated alkanes) is 1. The molecule has 2 rings (SSSR count). The summed E-state index contributed by atoms with van der Waals surface area (Å²) in [6, 6.07) is -0.256. The number of fused-ring (bicyclic) bond motifs is 1. The number of aromatic nitrogens is 2. The molecular formula is C15H24N4O2. The van der Waals surface area contributed by atoms with Gasteiger partial charge in [-0.25, -0.2) is 4.98 Å². The fourth-order valence-electron chi connectivity index (χ4n) is 2.87. The van der Waals surface area contributed by atoms with Crippen LogP contribution in [0.1, 0.15) is 44.4 Å². The van der Waals surface area contributed by atoms with Crippen molar-refractivity contribution in [2.45, 2.75) is 58.7 Å². The Morgan fingerprint density at radius 2 is 2.24 bits per heavy atom. The summed E-state index contributed by atoms with van der Waals surface area (Å²) in [6.07, 6.45) is 5.01. The molecule has 1 aliphatic heterocycles. The van der Waals surface area contributed by atoms with Gasteiger partial charge in [0.1, 0.15) is 0 Å². The number of nitrogens with two attached hydrogens (primary N) is 1. The van der Waals surface area contributed by atoms with E-state index in [9.17, 15) is 9.59 Å². The number of hydrogen-bond acceptors (Lipinski definition) is 4. The minimum atomic E-state index is -0.284. The van der Waals surface area contributed by atoms with E-state index in [2.05, 4.69) is 16.8 Å².